The molecule has 0 spiro atoms. The van der Waals surface area contributed by atoms with Gasteiger partial charge in [0.2, 0.25) is 0 Å². The van der Waals surface area contributed by atoms with E-state index in [0.717, 1.165) is 5.75 Å². The highest BCUT2D eigenvalue weighted by atomic mass is 32.2. The predicted octanol–water partition coefficient (Wildman–Crippen LogP) is 0.931. The molecule has 1 aliphatic heterocycles. The molecule has 6 nitrogen and oxygen atoms in total. The first-order chi connectivity index (χ1) is 10.1. The Hall–Kier alpha value is -1.15. The summed E-state index contributed by atoms with van der Waals surface area (Å²) in [5.41, 5.74) is 1.18. The third-order valence-corrected chi connectivity index (χ3v) is 4.82. The number of aryl methyl sites for hydroxylation is 1. The number of ether oxygens (including phenoxy) is 2. The van der Waals surface area contributed by atoms with Crippen LogP contribution < -0.4 is 9.46 Å². The number of rotatable bonds is 7. The normalized spacial score (nSPS) is 16.8. The zero-order valence-electron chi connectivity index (χ0n) is 12.2. The fraction of sp³-hybridized carbons (Fsp3) is 0.571. The Morgan fingerprint density at radius 1 is 1.24 bits per heavy atom. The monoisotopic (exact) mass is 314 g/mol. The van der Waals surface area contributed by atoms with Gasteiger partial charge < -0.3 is 9.47 Å². The molecule has 0 amide bonds. The first-order valence-electron chi connectivity index (χ1n) is 7.10. The van der Waals surface area contributed by atoms with E-state index in [9.17, 15) is 8.42 Å². The number of hydrogen-bond donors (Lipinski definition) is 1. The van der Waals surface area contributed by atoms with Crippen molar-refractivity contribution in [1.29, 1.82) is 0 Å². The Bertz CT molecular complexity index is 524. The van der Waals surface area contributed by atoms with Crippen LogP contribution in [-0.2, 0) is 14.9 Å². The summed E-state index contributed by atoms with van der Waals surface area (Å²) in [6, 6.07) is 7.79. The molecule has 0 unspecified atom stereocenters. The molecule has 0 atom stereocenters. The van der Waals surface area contributed by atoms with Gasteiger partial charge in [0.1, 0.15) is 5.75 Å². The highest BCUT2D eigenvalue weighted by Gasteiger charge is 2.23. The summed E-state index contributed by atoms with van der Waals surface area (Å²) in [5.74, 6) is 0.802. The second-order valence-electron chi connectivity index (χ2n) is 4.93. The van der Waals surface area contributed by atoms with Crippen molar-refractivity contribution in [2.45, 2.75) is 13.3 Å². The van der Waals surface area contributed by atoms with Gasteiger partial charge in [-0.25, -0.2) is 4.72 Å². The molecule has 0 bridgehead atoms. The maximum Gasteiger partial charge on any atom is 0.279 e. The van der Waals surface area contributed by atoms with Crippen LogP contribution in [0.5, 0.6) is 5.75 Å². The van der Waals surface area contributed by atoms with Gasteiger partial charge in [-0.05, 0) is 25.5 Å². The molecule has 1 fully saturated rings. The van der Waals surface area contributed by atoms with Crippen molar-refractivity contribution in [3.05, 3.63) is 29.8 Å². The lowest BCUT2D eigenvalue weighted by molar-refractivity contribution is 0.0725. The second-order valence-corrected chi connectivity index (χ2v) is 6.68. The maximum absolute atomic E-state index is 12.0. The molecule has 1 aliphatic rings. The predicted molar refractivity (Wildman–Crippen MR) is 80.6 cm³/mol. The minimum Gasteiger partial charge on any atom is -0.494 e. The Labute approximate surface area is 126 Å². The average molecular weight is 314 g/mol. The number of nitrogens with one attached hydrogen (secondary N) is 1. The molecule has 0 saturated carbocycles. The van der Waals surface area contributed by atoms with Crippen molar-refractivity contribution in [3.63, 3.8) is 0 Å². The van der Waals surface area contributed by atoms with Gasteiger partial charge >= 0.3 is 0 Å². The van der Waals surface area contributed by atoms with E-state index in [1.807, 2.05) is 31.2 Å². The summed E-state index contributed by atoms with van der Waals surface area (Å²) in [6.07, 6.45) is 0.622. The van der Waals surface area contributed by atoms with Gasteiger partial charge in [-0.1, -0.05) is 17.7 Å². The van der Waals surface area contributed by atoms with E-state index in [4.69, 9.17) is 9.47 Å². The minimum atomic E-state index is -3.39. The van der Waals surface area contributed by atoms with E-state index in [-0.39, 0.29) is 0 Å². The number of nitrogens with zero attached hydrogens (tertiary/aromatic N) is 1. The lowest BCUT2D eigenvalue weighted by Gasteiger charge is -2.26. The zero-order chi connectivity index (χ0) is 15.1. The molecule has 1 saturated heterocycles. The molecule has 1 N–H and O–H groups in total. The molecule has 1 heterocycles. The lowest BCUT2D eigenvalue weighted by Crippen LogP contribution is -2.46. The average Bonchev–Trinajstić information content (AvgIpc) is 2.50. The fourth-order valence-electron chi connectivity index (χ4n) is 1.98. The van der Waals surface area contributed by atoms with Gasteiger partial charge in [-0.15, -0.1) is 0 Å². The number of benzene rings is 1. The van der Waals surface area contributed by atoms with Crippen LogP contribution in [0.1, 0.15) is 12.0 Å². The van der Waals surface area contributed by atoms with Crippen molar-refractivity contribution >= 4 is 10.2 Å². The van der Waals surface area contributed by atoms with E-state index < -0.39 is 10.2 Å². The van der Waals surface area contributed by atoms with Crippen LogP contribution in [0.4, 0.5) is 0 Å². The van der Waals surface area contributed by atoms with E-state index in [2.05, 4.69) is 4.72 Å². The Kier molecular flexibility index (Phi) is 5.98. The summed E-state index contributed by atoms with van der Waals surface area (Å²) in [7, 11) is -3.39. The Morgan fingerprint density at radius 2 is 1.90 bits per heavy atom. The molecule has 0 aromatic heterocycles. The van der Waals surface area contributed by atoms with Crippen LogP contribution in [0.25, 0.3) is 0 Å². The Morgan fingerprint density at radius 3 is 2.57 bits per heavy atom. The van der Waals surface area contributed by atoms with Gasteiger partial charge in [0.15, 0.2) is 0 Å². The van der Waals surface area contributed by atoms with Crippen LogP contribution in [0, 0.1) is 6.92 Å². The molecular weight excluding hydrogens is 292 g/mol. The summed E-state index contributed by atoms with van der Waals surface area (Å²) >= 11 is 0. The maximum atomic E-state index is 12.0. The van der Waals surface area contributed by atoms with Crippen LogP contribution in [0.15, 0.2) is 24.3 Å². The summed E-state index contributed by atoms with van der Waals surface area (Å²) < 4.78 is 38.6. The van der Waals surface area contributed by atoms with Crippen molar-refractivity contribution in [1.82, 2.24) is 9.03 Å². The van der Waals surface area contributed by atoms with Crippen LogP contribution in [0.2, 0.25) is 0 Å². The van der Waals surface area contributed by atoms with Gasteiger partial charge in [-0.2, -0.15) is 12.7 Å². The van der Waals surface area contributed by atoms with E-state index in [0.29, 0.717) is 45.9 Å². The molecule has 1 aromatic rings. The molecular formula is C14H22N2O4S. The quantitative estimate of drug-likeness (QED) is 0.760. The fourth-order valence-corrected chi connectivity index (χ4v) is 3.19. The molecule has 1 aromatic carbocycles. The number of hydrogen-bond acceptors (Lipinski definition) is 4. The van der Waals surface area contributed by atoms with Gasteiger partial charge in [0, 0.05) is 19.6 Å². The molecule has 21 heavy (non-hydrogen) atoms. The van der Waals surface area contributed by atoms with E-state index in [1.165, 1.54) is 9.87 Å². The zero-order valence-corrected chi connectivity index (χ0v) is 13.1. The third kappa shape index (κ3) is 5.28. The van der Waals surface area contributed by atoms with Crippen LogP contribution >= 0.6 is 0 Å². The van der Waals surface area contributed by atoms with Crippen molar-refractivity contribution in [3.8, 4) is 5.75 Å². The number of morpholine rings is 1. The minimum absolute atomic E-state index is 0.367. The third-order valence-electron chi connectivity index (χ3n) is 3.21. The smallest absolute Gasteiger partial charge is 0.279 e. The Balaban J connectivity index is 1.65. The summed E-state index contributed by atoms with van der Waals surface area (Å²) in [4.78, 5) is 0. The highest BCUT2D eigenvalue weighted by molar-refractivity contribution is 7.87. The topological polar surface area (TPSA) is 67.9 Å². The van der Waals surface area contributed by atoms with Crippen molar-refractivity contribution in [2.24, 2.45) is 0 Å². The largest absolute Gasteiger partial charge is 0.494 e. The van der Waals surface area contributed by atoms with Gasteiger partial charge in [0.05, 0.1) is 19.8 Å². The second kappa shape index (κ2) is 7.74. The molecule has 2 rings (SSSR count). The van der Waals surface area contributed by atoms with Gasteiger partial charge in [0.25, 0.3) is 10.2 Å². The van der Waals surface area contributed by atoms with Gasteiger partial charge in [-0.3, -0.25) is 0 Å². The standard InChI is InChI=1S/C14H22N2O4S/c1-13-3-5-14(6-4-13)20-10-2-7-15-21(17,18)16-8-11-19-12-9-16/h3-6,15H,2,7-12H2,1H3. The van der Waals surface area contributed by atoms with Crippen molar-refractivity contribution in [2.75, 3.05) is 39.5 Å². The van der Waals surface area contributed by atoms with E-state index in [1.54, 1.807) is 0 Å². The first kappa shape index (κ1) is 16.2. The summed E-state index contributed by atoms with van der Waals surface area (Å²) in [5, 5.41) is 0. The first-order valence-corrected chi connectivity index (χ1v) is 8.54. The molecule has 0 aliphatic carbocycles. The molecule has 118 valence electrons. The molecule has 7 heteroatoms. The van der Waals surface area contributed by atoms with Crippen LogP contribution in [0.3, 0.4) is 0 Å². The summed E-state index contributed by atoms with van der Waals surface area (Å²) in [6.45, 7) is 4.60. The molecule has 0 radical (unpaired) electrons. The SMILES string of the molecule is Cc1ccc(OCCCNS(=O)(=O)N2CCOCC2)cc1. The van der Waals surface area contributed by atoms with Crippen LogP contribution in [-0.4, -0.2) is 52.2 Å². The lowest BCUT2D eigenvalue weighted by atomic mass is 10.2. The van der Waals surface area contributed by atoms with E-state index >= 15 is 0 Å². The van der Waals surface area contributed by atoms with Crippen molar-refractivity contribution < 1.29 is 17.9 Å². The highest BCUT2D eigenvalue weighted by Crippen LogP contribution is 2.11.